The predicted octanol–water partition coefficient (Wildman–Crippen LogP) is 1.79. The second-order valence-electron chi connectivity index (χ2n) is 5.23. The molecule has 2 aromatic heterocycles. The molecule has 0 saturated carbocycles. The summed E-state index contributed by atoms with van der Waals surface area (Å²) in [5.74, 6) is 0.683. The fourth-order valence-electron chi connectivity index (χ4n) is 2.37. The van der Waals surface area contributed by atoms with Gasteiger partial charge in [0.25, 0.3) is 5.91 Å². The molecule has 1 atom stereocenters. The quantitative estimate of drug-likeness (QED) is 0.817. The zero-order chi connectivity index (χ0) is 15.9. The lowest BCUT2D eigenvalue weighted by Crippen LogP contribution is -2.36. The minimum absolute atomic E-state index is 0.210. The normalized spacial score (nSPS) is 12.4. The average molecular weight is 302 g/mol. The molecule has 118 valence electrons. The Bertz CT molecular complexity index is 577. The van der Waals surface area contributed by atoms with Crippen LogP contribution in [0.4, 0.5) is 0 Å². The van der Waals surface area contributed by atoms with Crippen LogP contribution in [0.15, 0.2) is 37.1 Å². The van der Waals surface area contributed by atoms with Gasteiger partial charge in [0.2, 0.25) is 0 Å². The topological polar surface area (TPSA) is 80.0 Å². The highest BCUT2D eigenvalue weighted by molar-refractivity contribution is 5.93. The fourth-order valence-corrected chi connectivity index (χ4v) is 2.37. The lowest BCUT2D eigenvalue weighted by Gasteiger charge is -2.20. The van der Waals surface area contributed by atoms with E-state index in [1.165, 1.54) is 6.20 Å². The molecule has 0 aliphatic heterocycles. The Kier molecular flexibility index (Phi) is 5.66. The maximum atomic E-state index is 12.1. The zero-order valence-electron chi connectivity index (χ0n) is 12.9. The summed E-state index contributed by atoms with van der Waals surface area (Å²) in [6.07, 6.45) is 7.90. The van der Waals surface area contributed by atoms with Gasteiger partial charge in [-0.15, -0.1) is 0 Å². The summed E-state index contributed by atoms with van der Waals surface area (Å²) in [4.78, 5) is 20.3. The van der Waals surface area contributed by atoms with E-state index in [9.17, 15) is 9.90 Å². The minimum Gasteiger partial charge on any atom is -0.391 e. The molecule has 2 aromatic rings. The second kappa shape index (κ2) is 7.70. The van der Waals surface area contributed by atoms with E-state index in [0.717, 1.165) is 12.8 Å². The molecular weight excluding hydrogens is 280 g/mol. The molecule has 0 saturated heterocycles. The van der Waals surface area contributed by atoms with E-state index in [4.69, 9.17) is 0 Å². The largest absolute Gasteiger partial charge is 0.391 e. The first-order chi connectivity index (χ1) is 10.7. The highest BCUT2D eigenvalue weighted by Crippen LogP contribution is 2.12. The van der Waals surface area contributed by atoms with Crippen molar-refractivity contribution in [1.82, 2.24) is 19.9 Å². The van der Waals surface area contributed by atoms with Crippen molar-refractivity contribution < 1.29 is 9.90 Å². The molecule has 6 nitrogen and oxygen atoms in total. The number of rotatable bonds is 7. The molecule has 0 fully saturated rings. The summed E-state index contributed by atoms with van der Waals surface area (Å²) in [5, 5.41) is 12.8. The first kappa shape index (κ1) is 16.2. The van der Waals surface area contributed by atoms with Crippen LogP contribution >= 0.6 is 0 Å². The third kappa shape index (κ3) is 3.92. The SMILES string of the molecule is CCC(CC)C(O)CNC(=O)c1ccc(-n2ccnc2)nc1. The van der Waals surface area contributed by atoms with Crippen LogP contribution in [0, 0.1) is 5.92 Å². The van der Waals surface area contributed by atoms with Crippen molar-refractivity contribution in [3.63, 3.8) is 0 Å². The summed E-state index contributed by atoms with van der Waals surface area (Å²) < 4.78 is 1.76. The van der Waals surface area contributed by atoms with E-state index in [2.05, 4.69) is 15.3 Å². The Morgan fingerprint density at radius 3 is 2.68 bits per heavy atom. The Labute approximate surface area is 130 Å². The second-order valence-corrected chi connectivity index (χ2v) is 5.23. The molecule has 0 aromatic carbocycles. The standard InChI is InChI=1S/C16H22N4O2/c1-3-12(4-2)14(21)10-19-16(22)13-5-6-15(18-9-13)20-8-7-17-11-20/h5-9,11-12,14,21H,3-4,10H2,1-2H3,(H,19,22). The van der Waals surface area contributed by atoms with E-state index in [0.29, 0.717) is 11.4 Å². The van der Waals surface area contributed by atoms with Crippen LogP contribution in [0.3, 0.4) is 0 Å². The molecule has 6 heteroatoms. The van der Waals surface area contributed by atoms with Crippen molar-refractivity contribution in [1.29, 1.82) is 0 Å². The van der Waals surface area contributed by atoms with Crippen LogP contribution in [-0.2, 0) is 0 Å². The van der Waals surface area contributed by atoms with Crippen molar-refractivity contribution in [3.8, 4) is 5.82 Å². The number of aromatic nitrogens is 3. The molecule has 0 aliphatic rings. The van der Waals surface area contributed by atoms with Crippen molar-refractivity contribution in [2.24, 2.45) is 5.92 Å². The van der Waals surface area contributed by atoms with Crippen molar-refractivity contribution in [2.75, 3.05) is 6.54 Å². The Hall–Kier alpha value is -2.21. The van der Waals surface area contributed by atoms with Gasteiger partial charge in [-0.25, -0.2) is 9.97 Å². The molecule has 2 N–H and O–H groups in total. The zero-order valence-corrected chi connectivity index (χ0v) is 12.9. The van der Waals surface area contributed by atoms with Crippen LogP contribution in [-0.4, -0.2) is 38.2 Å². The first-order valence-electron chi connectivity index (χ1n) is 7.56. The van der Waals surface area contributed by atoms with Gasteiger partial charge in [0.1, 0.15) is 12.1 Å². The lowest BCUT2D eigenvalue weighted by molar-refractivity contribution is 0.0816. The third-order valence-corrected chi connectivity index (χ3v) is 3.84. The van der Waals surface area contributed by atoms with Gasteiger partial charge in [-0.1, -0.05) is 26.7 Å². The lowest BCUT2D eigenvalue weighted by atomic mass is 9.96. The van der Waals surface area contributed by atoms with E-state index in [-0.39, 0.29) is 18.4 Å². The number of nitrogens with zero attached hydrogens (tertiary/aromatic N) is 3. The van der Waals surface area contributed by atoms with E-state index < -0.39 is 6.10 Å². The Morgan fingerprint density at radius 2 is 2.14 bits per heavy atom. The van der Waals surface area contributed by atoms with Crippen molar-refractivity contribution >= 4 is 5.91 Å². The number of aliphatic hydroxyl groups excluding tert-OH is 1. The van der Waals surface area contributed by atoms with Crippen LogP contribution in [0.1, 0.15) is 37.0 Å². The van der Waals surface area contributed by atoms with Gasteiger partial charge in [-0.05, 0) is 18.1 Å². The molecule has 2 rings (SSSR count). The highest BCUT2D eigenvalue weighted by Gasteiger charge is 2.16. The third-order valence-electron chi connectivity index (χ3n) is 3.84. The van der Waals surface area contributed by atoms with Crippen LogP contribution < -0.4 is 5.32 Å². The summed E-state index contributed by atoms with van der Waals surface area (Å²) in [5.41, 5.74) is 0.473. The number of carbonyl (C=O) groups is 1. The van der Waals surface area contributed by atoms with Gasteiger partial charge in [0.05, 0.1) is 11.7 Å². The van der Waals surface area contributed by atoms with E-state index in [1.54, 1.807) is 35.4 Å². The van der Waals surface area contributed by atoms with Gasteiger partial charge >= 0.3 is 0 Å². The number of pyridine rings is 1. The fraction of sp³-hybridized carbons (Fsp3) is 0.438. The average Bonchev–Trinajstić information content (AvgIpc) is 3.08. The van der Waals surface area contributed by atoms with E-state index >= 15 is 0 Å². The number of imidazole rings is 1. The number of carbonyl (C=O) groups excluding carboxylic acids is 1. The van der Waals surface area contributed by atoms with Gasteiger partial charge in [0, 0.05) is 25.1 Å². The number of amides is 1. The molecule has 0 radical (unpaired) electrons. The molecule has 0 aliphatic carbocycles. The van der Waals surface area contributed by atoms with Crippen LogP contribution in [0.5, 0.6) is 0 Å². The maximum absolute atomic E-state index is 12.1. The van der Waals surface area contributed by atoms with Gasteiger partial charge in [0.15, 0.2) is 0 Å². The minimum atomic E-state index is -0.517. The number of aliphatic hydroxyl groups is 1. The summed E-state index contributed by atoms with van der Waals surface area (Å²) in [6, 6.07) is 3.47. The Morgan fingerprint density at radius 1 is 1.36 bits per heavy atom. The van der Waals surface area contributed by atoms with E-state index in [1.807, 2.05) is 13.8 Å². The number of nitrogens with one attached hydrogen (secondary N) is 1. The summed E-state index contributed by atoms with van der Waals surface area (Å²) in [6.45, 7) is 4.34. The predicted molar refractivity (Wildman–Crippen MR) is 83.8 cm³/mol. The maximum Gasteiger partial charge on any atom is 0.252 e. The highest BCUT2D eigenvalue weighted by atomic mass is 16.3. The monoisotopic (exact) mass is 302 g/mol. The van der Waals surface area contributed by atoms with Crippen molar-refractivity contribution in [3.05, 3.63) is 42.6 Å². The molecule has 0 spiro atoms. The Balaban J connectivity index is 1.93. The molecule has 2 heterocycles. The molecule has 0 bridgehead atoms. The van der Waals surface area contributed by atoms with Gasteiger partial charge in [-0.3, -0.25) is 9.36 Å². The number of hydrogen-bond donors (Lipinski definition) is 2. The molecule has 1 unspecified atom stereocenters. The summed E-state index contributed by atoms with van der Waals surface area (Å²) >= 11 is 0. The van der Waals surface area contributed by atoms with Crippen LogP contribution in [0.2, 0.25) is 0 Å². The molecular formula is C16H22N4O2. The van der Waals surface area contributed by atoms with Gasteiger partial charge in [-0.2, -0.15) is 0 Å². The molecule has 22 heavy (non-hydrogen) atoms. The van der Waals surface area contributed by atoms with Gasteiger partial charge < -0.3 is 10.4 Å². The smallest absolute Gasteiger partial charge is 0.252 e. The summed E-state index contributed by atoms with van der Waals surface area (Å²) in [7, 11) is 0. The first-order valence-corrected chi connectivity index (χ1v) is 7.56. The molecule has 1 amide bonds. The van der Waals surface area contributed by atoms with Crippen LogP contribution in [0.25, 0.3) is 5.82 Å². The van der Waals surface area contributed by atoms with Crippen molar-refractivity contribution in [2.45, 2.75) is 32.8 Å². The number of hydrogen-bond acceptors (Lipinski definition) is 4.